The maximum atomic E-state index is 5.33. The number of ether oxygens (including phenoxy) is 2. The van der Waals surface area contributed by atoms with Crippen LogP contribution in [0.5, 0.6) is 11.5 Å². The van der Waals surface area contributed by atoms with E-state index in [1.54, 1.807) is 14.2 Å². The van der Waals surface area contributed by atoms with E-state index in [1.807, 2.05) is 25.1 Å². The summed E-state index contributed by atoms with van der Waals surface area (Å²) >= 11 is 0. The molecule has 4 rings (SSSR count). The number of benzene rings is 1. The normalized spacial score (nSPS) is 15.9. The minimum Gasteiger partial charge on any atom is -0.497 e. The Morgan fingerprint density at radius 2 is 1.97 bits per heavy atom. The van der Waals surface area contributed by atoms with E-state index in [0.29, 0.717) is 22.8 Å². The van der Waals surface area contributed by atoms with Crippen molar-refractivity contribution in [1.82, 2.24) is 25.1 Å². The third kappa shape index (κ3) is 4.93. The summed E-state index contributed by atoms with van der Waals surface area (Å²) in [6, 6.07) is 5.81. The Morgan fingerprint density at radius 1 is 1.16 bits per heavy atom. The van der Waals surface area contributed by atoms with Crippen LogP contribution in [0.25, 0.3) is 11.0 Å². The molecule has 0 bridgehead atoms. The third-order valence-corrected chi connectivity index (χ3v) is 5.36. The number of piperidine rings is 1. The highest BCUT2D eigenvalue weighted by Gasteiger charge is 2.21. The molecule has 0 amide bonds. The number of aromatic nitrogens is 4. The number of aromatic amines is 1. The van der Waals surface area contributed by atoms with Gasteiger partial charge in [-0.25, -0.2) is 9.97 Å². The number of nitrogens with zero attached hydrogens (tertiary/aromatic N) is 4. The van der Waals surface area contributed by atoms with E-state index in [4.69, 9.17) is 9.47 Å². The number of methoxy groups -OCH3 is 2. The first-order valence-corrected chi connectivity index (χ1v) is 10.5. The maximum Gasteiger partial charge on any atom is 0.187 e. The van der Waals surface area contributed by atoms with Crippen molar-refractivity contribution < 1.29 is 9.47 Å². The summed E-state index contributed by atoms with van der Waals surface area (Å²) in [5, 5.41) is 11.7. The van der Waals surface area contributed by atoms with Crippen LogP contribution in [0, 0.1) is 23.7 Å². The van der Waals surface area contributed by atoms with E-state index in [-0.39, 0.29) is 6.04 Å². The Morgan fingerprint density at radius 3 is 2.72 bits per heavy atom. The average molecular weight is 431 g/mol. The molecule has 0 spiro atoms. The molecular weight excluding hydrogens is 404 g/mol. The predicted octanol–water partition coefficient (Wildman–Crippen LogP) is 2.67. The summed E-state index contributed by atoms with van der Waals surface area (Å²) in [6.07, 6.45) is 3.72. The third-order valence-electron chi connectivity index (χ3n) is 5.36. The Balaban J connectivity index is 1.61. The molecule has 1 atom stereocenters. The fourth-order valence-electron chi connectivity index (χ4n) is 3.77. The van der Waals surface area contributed by atoms with Crippen molar-refractivity contribution in [2.24, 2.45) is 0 Å². The minimum atomic E-state index is 0.277. The van der Waals surface area contributed by atoms with Gasteiger partial charge in [-0.15, -0.1) is 5.92 Å². The summed E-state index contributed by atoms with van der Waals surface area (Å²) < 4.78 is 10.7. The molecule has 3 heterocycles. The number of rotatable bonds is 5. The second-order valence-electron chi connectivity index (χ2n) is 7.52. The molecule has 1 unspecified atom stereocenters. The van der Waals surface area contributed by atoms with Gasteiger partial charge in [-0.3, -0.25) is 10.00 Å². The van der Waals surface area contributed by atoms with E-state index in [0.717, 1.165) is 49.2 Å². The Hall–Kier alpha value is -3.75. The van der Waals surface area contributed by atoms with E-state index in [9.17, 15) is 0 Å². The van der Waals surface area contributed by atoms with E-state index in [1.165, 1.54) is 6.33 Å². The van der Waals surface area contributed by atoms with Gasteiger partial charge in [0.2, 0.25) is 0 Å². The molecule has 1 saturated heterocycles. The molecule has 2 aromatic heterocycles. The Kier molecular flexibility index (Phi) is 6.74. The van der Waals surface area contributed by atoms with Crippen molar-refractivity contribution in [3.63, 3.8) is 0 Å². The van der Waals surface area contributed by atoms with Gasteiger partial charge in [-0.1, -0.05) is 11.8 Å². The molecule has 1 aliphatic heterocycles. The number of likely N-dealkylation sites (tertiary alicyclic amines) is 1. The largest absolute Gasteiger partial charge is 0.497 e. The van der Waals surface area contributed by atoms with Crippen LogP contribution in [0.4, 0.5) is 5.82 Å². The number of H-pyrrole nitrogens is 1. The van der Waals surface area contributed by atoms with Crippen LogP contribution in [0.2, 0.25) is 0 Å². The van der Waals surface area contributed by atoms with Crippen LogP contribution in [0.1, 0.15) is 31.0 Å². The van der Waals surface area contributed by atoms with Crippen molar-refractivity contribution in [1.29, 1.82) is 0 Å². The van der Waals surface area contributed by atoms with Crippen LogP contribution in [-0.2, 0) is 0 Å². The molecule has 0 radical (unpaired) electrons. The van der Waals surface area contributed by atoms with Crippen molar-refractivity contribution in [3.05, 3.63) is 35.8 Å². The van der Waals surface area contributed by atoms with Gasteiger partial charge in [0.05, 0.1) is 26.2 Å². The molecule has 2 N–H and O–H groups in total. The van der Waals surface area contributed by atoms with Crippen molar-refractivity contribution in [2.75, 3.05) is 39.2 Å². The van der Waals surface area contributed by atoms with Crippen LogP contribution >= 0.6 is 0 Å². The van der Waals surface area contributed by atoms with Crippen molar-refractivity contribution >= 4 is 16.9 Å². The summed E-state index contributed by atoms with van der Waals surface area (Å²) in [7, 11) is 3.23. The molecule has 3 aromatic rings. The molecule has 1 aliphatic rings. The molecule has 1 fully saturated rings. The average Bonchev–Trinajstić information content (AvgIpc) is 3.25. The van der Waals surface area contributed by atoms with Crippen LogP contribution in [0.3, 0.4) is 0 Å². The quantitative estimate of drug-likeness (QED) is 0.602. The zero-order chi connectivity index (χ0) is 22.3. The molecule has 0 saturated carbocycles. The summed E-state index contributed by atoms with van der Waals surface area (Å²) in [5.74, 6) is 14.6. The van der Waals surface area contributed by atoms with Gasteiger partial charge in [-0.2, -0.15) is 5.10 Å². The standard InChI is InChI=1S/C24H26N6O2/c1-4-5-10-30-11-6-7-18(15-30)27-23-22-21(28-29-24(22)26-16-25-23)9-8-17-12-19(31-2)14-20(13-17)32-3/h12-14,16,18H,6-7,10-11,15H2,1-3H3,(H2,25,26,27,28,29). The number of hydrogen-bond donors (Lipinski definition) is 2. The molecule has 32 heavy (non-hydrogen) atoms. The number of nitrogens with one attached hydrogen (secondary N) is 2. The summed E-state index contributed by atoms with van der Waals surface area (Å²) in [5.41, 5.74) is 2.02. The predicted molar refractivity (Wildman–Crippen MR) is 124 cm³/mol. The lowest BCUT2D eigenvalue weighted by atomic mass is 10.1. The lowest BCUT2D eigenvalue weighted by molar-refractivity contribution is 0.240. The Labute approximate surface area is 187 Å². The Bertz CT molecular complexity index is 1190. The molecule has 164 valence electrons. The molecule has 8 nitrogen and oxygen atoms in total. The van der Waals surface area contributed by atoms with E-state index >= 15 is 0 Å². The van der Waals surface area contributed by atoms with Crippen LogP contribution < -0.4 is 14.8 Å². The van der Waals surface area contributed by atoms with Gasteiger partial charge in [0, 0.05) is 24.2 Å². The minimum absolute atomic E-state index is 0.277. The highest BCUT2D eigenvalue weighted by Crippen LogP contribution is 2.25. The number of hydrogen-bond acceptors (Lipinski definition) is 7. The van der Waals surface area contributed by atoms with E-state index in [2.05, 4.69) is 54.1 Å². The van der Waals surface area contributed by atoms with Gasteiger partial charge in [-0.05, 0) is 44.4 Å². The van der Waals surface area contributed by atoms with Crippen molar-refractivity contribution in [2.45, 2.75) is 25.8 Å². The van der Waals surface area contributed by atoms with E-state index < -0.39 is 0 Å². The van der Waals surface area contributed by atoms with Gasteiger partial charge in [0.1, 0.15) is 29.3 Å². The lowest BCUT2D eigenvalue weighted by Gasteiger charge is -2.32. The molecular formula is C24H26N6O2. The zero-order valence-corrected chi connectivity index (χ0v) is 18.5. The SMILES string of the molecule is CC#CCN1CCCC(Nc2ncnc3n[nH]c(C#Cc4cc(OC)cc(OC)c4)c23)C1. The molecule has 1 aromatic carbocycles. The fourth-order valence-corrected chi connectivity index (χ4v) is 3.77. The fraction of sp³-hybridized carbons (Fsp3) is 0.375. The first-order chi connectivity index (χ1) is 15.7. The summed E-state index contributed by atoms with van der Waals surface area (Å²) in [4.78, 5) is 11.1. The smallest absolute Gasteiger partial charge is 0.187 e. The van der Waals surface area contributed by atoms with Crippen LogP contribution in [-0.4, -0.2) is 65.0 Å². The highest BCUT2D eigenvalue weighted by molar-refractivity contribution is 5.91. The highest BCUT2D eigenvalue weighted by atomic mass is 16.5. The number of fused-ring (bicyclic) bond motifs is 1. The van der Waals surface area contributed by atoms with Gasteiger partial charge >= 0.3 is 0 Å². The van der Waals surface area contributed by atoms with Crippen molar-refractivity contribution in [3.8, 4) is 35.2 Å². The zero-order valence-electron chi connectivity index (χ0n) is 18.5. The van der Waals surface area contributed by atoms with Gasteiger partial charge in [0.25, 0.3) is 0 Å². The maximum absolute atomic E-state index is 5.33. The first-order valence-electron chi connectivity index (χ1n) is 10.5. The molecule has 8 heteroatoms. The second kappa shape index (κ2) is 10.0. The topological polar surface area (TPSA) is 88.2 Å². The summed E-state index contributed by atoms with van der Waals surface area (Å²) in [6.45, 7) is 4.65. The first kappa shape index (κ1) is 21.5. The monoisotopic (exact) mass is 430 g/mol. The van der Waals surface area contributed by atoms with Gasteiger partial charge < -0.3 is 14.8 Å². The molecule has 0 aliphatic carbocycles. The second-order valence-corrected chi connectivity index (χ2v) is 7.52. The van der Waals surface area contributed by atoms with Crippen LogP contribution in [0.15, 0.2) is 24.5 Å². The van der Waals surface area contributed by atoms with Gasteiger partial charge in [0.15, 0.2) is 5.65 Å². The lowest BCUT2D eigenvalue weighted by Crippen LogP contribution is -2.42. The number of anilines is 1.